The summed E-state index contributed by atoms with van der Waals surface area (Å²) in [6.45, 7) is 9.68. The molecule has 0 bridgehead atoms. The van der Waals surface area contributed by atoms with Crippen molar-refractivity contribution < 1.29 is 4.79 Å². The Morgan fingerprint density at radius 1 is 1.39 bits per heavy atom. The minimum absolute atomic E-state index is 0.0237. The molecule has 0 saturated heterocycles. The smallest absolute Gasteiger partial charge is 0.241 e. The molecule has 1 amide bonds. The van der Waals surface area contributed by atoms with Gasteiger partial charge in [-0.15, -0.1) is 0 Å². The Balaban J connectivity index is 2.41. The van der Waals surface area contributed by atoms with Crippen LogP contribution in [0.4, 0.5) is 5.82 Å². The van der Waals surface area contributed by atoms with Crippen LogP contribution in [-0.2, 0) is 11.3 Å². The highest BCUT2D eigenvalue weighted by Crippen LogP contribution is 2.19. The van der Waals surface area contributed by atoms with E-state index in [4.69, 9.17) is 5.73 Å². The van der Waals surface area contributed by atoms with Gasteiger partial charge >= 0.3 is 0 Å². The average Bonchev–Trinajstić information content (AvgIpc) is 2.62. The van der Waals surface area contributed by atoms with Gasteiger partial charge in [0.25, 0.3) is 0 Å². The molecule has 102 valence electrons. The van der Waals surface area contributed by atoms with Crippen LogP contribution in [0.5, 0.6) is 0 Å². The van der Waals surface area contributed by atoms with Crippen molar-refractivity contribution in [3.05, 3.63) is 12.3 Å². The monoisotopic (exact) mass is 252 g/mol. The lowest BCUT2D eigenvalue weighted by molar-refractivity contribution is -0.122. The second-order valence-corrected chi connectivity index (χ2v) is 5.39. The maximum atomic E-state index is 11.8. The van der Waals surface area contributed by atoms with Crippen LogP contribution in [0.25, 0.3) is 0 Å². The van der Waals surface area contributed by atoms with Gasteiger partial charge in [-0.25, -0.2) is 0 Å². The molecule has 1 rings (SSSR count). The van der Waals surface area contributed by atoms with Gasteiger partial charge in [0.05, 0.1) is 0 Å². The molecular formula is C13H24N4O. The number of nitrogens with zero attached hydrogens (tertiary/aromatic N) is 2. The number of nitrogens with two attached hydrogens (primary N) is 1. The fourth-order valence-corrected chi connectivity index (χ4v) is 2.14. The molecule has 3 N–H and O–H groups in total. The summed E-state index contributed by atoms with van der Waals surface area (Å²) in [5.74, 6) is 2.03. The number of rotatable bonds is 6. The molecule has 0 saturated carbocycles. The fourth-order valence-electron chi connectivity index (χ4n) is 2.14. The van der Waals surface area contributed by atoms with Crippen LogP contribution in [-0.4, -0.2) is 22.2 Å². The lowest BCUT2D eigenvalue weighted by Crippen LogP contribution is -2.35. The van der Waals surface area contributed by atoms with Crippen molar-refractivity contribution >= 4 is 11.7 Å². The van der Waals surface area contributed by atoms with E-state index >= 15 is 0 Å². The predicted molar refractivity (Wildman–Crippen MR) is 72.8 cm³/mol. The summed E-state index contributed by atoms with van der Waals surface area (Å²) in [5.41, 5.74) is 5.49. The minimum Gasteiger partial charge on any atom is -0.382 e. The molecule has 0 aliphatic carbocycles. The average molecular weight is 252 g/mol. The van der Waals surface area contributed by atoms with Crippen molar-refractivity contribution in [2.45, 2.75) is 34.2 Å². The first-order valence-electron chi connectivity index (χ1n) is 6.45. The number of carbonyl (C=O) groups excluding carboxylic acids is 1. The molecule has 0 radical (unpaired) electrons. The topological polar surface area (TPSA) is 72.9 Å². The van der Waals surface area contributed by atoms with Gasteiger partial charge < -0.3 is 11.1 Å². The van der Waals surface area contributed by atoms with E-state index in [9.17, 15) is 4.79 Å². The third-order valence-electron chi connectivity index (χ3n) is 3.21. The van der Waals surface area contributed by atoms with Crippen LogP contribution in [0.3, 0.4) is 0 Å². The summed E-state index contributed by atoms with van der Waals surface area (Å²) < 4.78 is 1.55. The number of amides is 1. The standard InChI is InChI=1S/C13H24N4O/c1-9(2)11(10(3)4)7-15-13(18)8-17-6-5-12(14)16-17/h5-6,9-11H,7-8H2,1-4H3,(H2,14,16)(H,15,18). The van der Waals surface area contributed by atoms with Crippen molar-refractivity contribution in [3.63, 3.8) is 0 Å². The summed E-state index contributed by atoms with van der Waals surface area (Å²) in [4.78, 5) is 11.8. The van der Waals surface area contributed by atoms with Crippen LogP contribution in [0.15, 0.2) is 12.3 Å². The summed E-state index contributed by atoms with van der Waals surface area (Å²) in [7, 11) is 0. The third-order valence-corrected chi connectivity index (χ3v) is 3.21. The van der Waals surface area contributed by atoms with Gasteiger partial charge in [0.1, 0.15) is 12.4 Å². The Morgan fingerprint density at radius 3 is 2.44 bits per heavy atom. The number of carbonyl (C=O) groups is 1. The van der Waals surface area contributed by atoms with Gasteiger partial charge in [0.15, 0.2) is 0 Å². The molecule has 0 atom stereocenters. The first-order chi connectivity index (χ1) is 8.40. The molecule has 18 heavy (non-hydrogen) atoms. The normalized spacial score (nSPS) is 11.5. The third kappa shape index (κ3) is 4.39. The summed E-state index contributed by atoms with van der Waals surface area (Å²) in [5, 5.41) is 6.94. The van der Waals surface area contributed by atoms with Gasteiger partial charge in [-0.05, 0) is 23.8 Å². The summed E-state index contributed by atoms with van der Waals surface area (Å²) in [6.07, 6.45) is 1.71. The van der Waals surface area contributed by atoms with E-state index in [0.717, 1.165) is 0 Å². The van der Waals surface area contributed by atoms with Crippen LogP contribution in [0.1, 0.15) is 27.7 Å². The van der Waals surface area contributed by atoms with E-state index in [-0.39, 0.29) is 12.5 Å². The molecule has 1 heterocycles. The minimum atomic E-state index is -0.0237. The van der Waals surface area contributed by atoms with Crippen molar-refractivity contribution in [1.29, 1.82) is 0 Å². The van der Waals surface area contributed by atoms with Crippen molar-refractivity contribution in [2.75, 3.05) is 12.3 Å². The van der Waals surface area contributed by atoms with E-state index in [1.54, 1.807) is 16.9 Å². The van der Waals surface area contributed by atoms with Crippen molar-refractivity contribution in [3.8, 4) is 0 Å². The summed E-state index contributed by atoms with van der Waals surface area (Å²) >= 11 is 0. The molecule has 5 heteroatoms. The van der Waals surface area contributed by atoms with Gasteiger partial charge in [0.2, 0.25) is 5.91 Å². The van der Waals surface area contributed by atoms with E-state index in [1.165, 1.54) is 0 Å². The number of hydrogen-bond acceptors (Lipinski definition) is 3. The van der Waals surface area contributed by atoms with Gasteiger partial charge in [-0.3, -0.25) is 9.48 Å². The largest absolute Gasteiger partial charge is 0.382 e. The van der Waals surface area contributed by atoms with E-state index in [0.29, 0.717) is 30.1 Å². The molecule has 0 fully saturated rings. The molecule has 1 aromatic rings. The van der Waals surface area contributed by atoms with Gasteiger partial charge in [0, 0.05) is 12.7 Å². The van der Waals surface area contributed by atoms with Crippen molar-refractivity contribution in [2.24, 2.45) is 17.8 Å². The lowest BCUT2D eigenvalue weighted by atomic mass is 9.85. The zero-order valence-electron chi connectivity index (χ0n) is 11.7. The number of hydrogen-bond donors (Lipinski definition) is 2. The Bertz CT molecular complexity index is 376. The highest BCUT2D eigenvalue weighted by molar-refractivity contribution is 5.75. The first kappa shape index (κ1) is 14.5. The second-order valence-electron chi connectivity index (χ2n) is 5.39. The van der Waals surface area contributed by atoms with Crippen molar-refractivity contribution in [1.82, 2.24) is 15.1 Å². The predicted octanol–water partition coefficient (Wildman–Crippen LogP) is 1.51. The molecule has 0 unspecified atom stereocenters. The van der Waals surface area contributed by atoms with Crippen LogP contribution in [0.2, 0.25) is 0 Å². The van der Waals surface area contributed by atoms with Gasteiger partial charge in [-0.1, -0.05) is 27.7 Å². The number of nitrogens with one attached hydrogen (secondary N) is 1. The van der Waals surface area contributed by atoms with Crippen LogP contribution in [0, 0.1) is 17.8 Å². The SMILES string of the molecule is CC(C)C(CNC(=O)Cn1ccc(N)n1)C(C)C. The Morgan fingerprint density at radius 2 is 2.00 bits per heavy atom. The first-order valence-corrected chi connectivity index (χ1v) is 6.45. The number of nitrogen functional groups attached to an aromatic ring is 1. The number of aromatic nitrogens is 2. The summed E-state index contributed by atoms with van der Waals surface area (Å²) in [6, 6.07) is 1.68. The van der Waals surface area contributed by atoms with Crippen LogP contribution >= 0.6 is 0 Å². The molecule has 0 aliphatic heterocycles. The Hall–Kier alpha value is -1.52. The van der Waals surface area contributed by atoms with E-state index in [1.807, 2.05) is 0 Å². The Kier molecular flexibility index (Phi) is 5.19. The molecule has 1 aromatic heterocycles. The highest BCUT2D eigenvalue weighted by atomic mass is 16.2. The molecule has 0 aliphatic rings. The van der Waals surface area contributed by atoms with Gasteiger partial charge in [-0.2, -0.15) is 5.10 Å². The quantitative estimate of drug-likeness (QED) is 0.806. The number of anilines is 1. The maximum Gasteiger partial charge on any atom is 0.241 e. The van der Waals surface area contributed by atoms with E-state index < -0.39 is 0 Å². The lowest BCUT2D eigenvalue weighted by Gasteiger charge is -2.25. The van der Waals surface area contributed by atoms with E-state index in [2.05, 4.69) is 38.1 Å². The Labute approximate surface area is 109 Å². The fraction of sp³-hybridized carbons (Fsp3) is 0.692. The zero-order chi connectivity index (χ0) is 13.7. The molecule has 0 spiro atoms. The maximum absolute atomic E-state index is 11.8. The molecule has 0 aromatic carbocycles. The second kappa shape index (κ2) is 6.42. The highest BCUT2D eigenvalue weighted by Gasteiger charge is 2.18. The van der Waals surface area contributed by atoms with Crippen LogP contribution < -0.4 is 11.1 Å². The zero-order valence-corrected chi connectivity index (χ0v) is 11.7. The molecule has 5 nitrogen and oxygen atoms in total. The molecular weight excluding hydrogens is 228 g/mol.